The average molecular weight is 540 g/mol. The number of likely N-dealkylation sites (N-methyl/N-ethyl adjacent to an activating group) is 1. The van der Waals surface area contributed by atoms with Crippen LogP contribution < -0.4 is 5.32 Å². The van der Waals surface area contributed by atoms with E-state index in [2.05, 4.69) is 20.5 Å². The summed E-state index contributed by atoms with van der Waals surface area (Å²) < 4.78 is 2.77. The molecule has 2 aromatic rings. The molecule has 0 aliphatic heterocycles. The summed E-state index contributed by atoms with van der Waals surface area (Å²) in [5.41, 5.74) is 0. The monoisotopic (exact) mass is 539 g/mol. The maximum atomic E-state index is 11.9. The Morgan fingerprint density at radius 2 is 2.11 bits per heavy atom. The number of carbonyl (C=O) groups excluding carboxylic acids is 1. The van der Waals surface area contributed by atoms with Crippen molar-refractivity contribution in [2.45, 2.75) is 26.4 Å². The first-order valence-electron chi connectivity index (χ1n) is 8.71. The second kappa shape index (κ2) is 12.2. The van der Waals surface area contributed by atoms with E-state index < -0.39 is 0 Å². The molecule has 0 aromatic carbocycles. The standard InChI is InChI=1S/C17H26ClN7OS.HI/c1-5-15-22-21-12-25(15)9-8-19-17(20-10-16(26)23(2)3)24(4)11-13-6-7-14(18)27-13;/h6-7,12H,5,8-11H2,1-4H3,(H,19,20);1H. The number of rotatable bonds is 8. The Morgan fingerprint density at radius 1 is 1.36 bits per heavy atom. The number of halogens is 2. The minimum atomic E-state index is -0.0473. The summed E-state index contributed by atoms with van der Waals surface area (Å²) in [5.74, 6) is 1.56. The first-order valence-corrected chi connectivity index (χ1v) is 9.90. The van der Waals surface area contributed by atoms with Gasteiger partial charge in [-0.05, 0) is 12.1 Å². The summed E-state index contributed by atoms with van der Waals surface area (Å²) in [6.07, 6.45) is 2.56. The maximum Gasteiger partial charge on any atom is 0.243 e. The van der Waals surface area contributed by atoms with Crippen molar-refractivity contribution in [2.24, 2.45) is 4.99 Å². The largest absolute Gasteiger partial charge is 0.354 e. The molecule has 0 radical (unpaired) electrons. The second-order valence-electron chi connectivity index (χ2n) is 6.21. The van der Waals surface area contributed by atoms with Gasteiger partial charge in [0.15, 0.2) is 5.96 Å². The molecule has 0 saturated carbocycles. The van der Waals surface area contributed by atoms with Crippen LogP contribution in [0.5, 0.6) is 0 Å². The number of thiophene rings is 1. The predicted octanol–water partition coefficient (Wildman–Crippen LogP) is 2.34. The number of amides is 1. The van der Waals surface area contributed by atoms with Crippen LogP contribution in [0.3, 0.4) is 0 Å². The smallest absolute Gasteiger partial charge is 0.243 e. The van der Waals surface area contributed by atoms with Crippen LogP contribution in [-0.2, 0) is 24.3 Å². The van der Waals surface area contributed by atoms with Crippen LogP contribution in [0.1, 0.15) is 17.6 Å². The molecule has 2 heterocycles. The third-order valence-corrected chi connectivity index (χ3v) is 5.11. The Labute approximate surface area is 192 Å². The Kier molecular flexibility index (Phi) is 10.8. The summed E-state index contributed by atoms with van der Waals surface area (Å²) in [6, 6.07) is 3.88. The molecule has 0 aliphatic carbocycles. The van der Waals surface area contributed by atoms with Crippen LogP contribution in [0, 0.1) is 0 Å². The van der Waals surface area contributed by atoms with Crippen molar-refractivity contribution in [3.63, 3.8) is 0 Å². The molecule has 0 aliphatic rings. The van der Waals surface area contributed by atoms with E-state index in [0.29, 0.717) is 19.0 Å². The predicted molar refractivity (Wildman–Crippen MR) is 125 cm³/mol. The molecular weight excluding hydrogens is 513 g/mol. The fraction of sp³-hybridized carbons (Fsp3) is 0.529. The lowest BCUT2D eigenvalue weighted by Crippen LogP contribution is -2.40. The zero-order valence-electron chi connectivity index (χ0n) is 16.6. The third kappa shape index (κ3) is 7.55. The maximum absolute atomic E-state index is 11.9. The highest BCUT2D eigenvalue weighted by Crippen LogP contribution is 2.22. The summed E-state index contributed by atoms with van der Waals surface area (Å²) in [4.78, 5) is 21.0. The number of hydrogen-bond acceptors (Lipinski definition) is 5. The van der Waals surface area contributed by atoms with E-state index in [1.807, 2.05) is 35.6 Å². The van der Waals surface area contributed by atoms with E-state index in [0.717, 1.165) is 28.0 Å². The molecule has 8 nitrogen and oxygen atoms in total. The Bertz CT molecular complexity index is 777. The SMILES string of the molecule is CCc1nncn1CCNC(=NCC(=O)N(C)C)N(C)Cc1ccc(Cl)s1.I. The van der Waals surface area contributed by atoms with E-state index in [4.69, 9.17) is 11.6 Å². The summed E-state index contributed by atoms with van der Waals surface area (Å²) in [6.45, 7) is 4.17. The van der Waals surface area contributed by atoms with Crippen LogP contribution in [0.15, 0.2) is 23.5 Å². The van der Waals surface area contributed by atoms with E-state index in [1.54, 1.807) is 20.4 Å². The van der Waals surface area contributed by atoms with Gasteiger partial charge in [0.2, 0.25) is 5.91 Å². The summed E-state index contributed by atoms with van der Waals surface area (Å²) >= 11 is 7.55. The highest BCUT2D eigenvalue weighted by atomic mass is 127. The molecule has 0 atom stereocenters. The molecule has 2 aromatic heterocycles. The minimum absolute atomic E-state index is 0. The number of nitrogens with zero attached hydrogens (tertiary/aromatic N) is 6. The number of guanidine groups is 1. The van der Waals surface area contributed by atoms with E-state index >= 15 is 0 Å². The van der Waals surface area contributed by atoms with Crippen LogP contribution in [-0.4, -0.2) is 70.7 Å². The van der Waals surface area contributed by atoms with Crippen molar-refractivity contribution >= 4 is 58.8 Å². The minimum Gasteiger partial charge on any atom is -0.354 e. The van der Waals surface area contributed by atoms with Crippen molar-refractivity contribution in [1.29, 1.82) is 0 Å². The van der Waals surface area contributed by atoms with E-state index in [1.165, 1.54) is 16.2 Å². The first-order chi connectivity index (χ1) is 12.9. The van der Waals surface area contributed by atoms with Crippen molar-refractivity contribution < 1.29 is 4.79 Å². The van der Waals surface area contributed by atoms with Crippen LogP contribution in [0.2, 0.25) is 4.34 Å². The van der Waals surface area contributed by atoms with Gasteiger partial charge < -0.3 is 19.7 Å². The fourth-order valence-electron chi connectivity index (χ4n) is 2.37. The molecule has 1 amide bonds. The molecular formula is C17H27ClIN7OS. The van der Waals surface area contributed by atoms with Crippen LogP contribution >= 0.6 is 46.9 Å². The number of nitrogens with one attached hydrogen (secondary N) is 1. The van der Waals surface area contributed by atoms with Crippen LogP contribution in [0.25, 0.3) is 0 Å². The average Bonchev–Trinajstić information content (AvgIpc) is 3.25. The Morgan fingerprint density at radius 3 is 2.71 bits per heavy atom. The molecule has 28 heavy (non-hydrogen) atoms. The normalized spacial score (nSPS) is 11.1. The molecule has 2 rings (SSSR count). The van der Waals surface area contributed by atoms with Gasteiger partial charge in [-0.3, -0.25) is 4.79 Å². The number of carbonyl (C=O) groups is 1. The first kappa shape index (κ1) is 24.6. The summed E-state index contributed by atoms with van der Waals surface area (Å²) in [7, 11) is 5.39. The van der Waals surface area contributed by atoms with Gasteiger partial charge >= 0.3 is 0 Å². The molecule has 0 fully saturated rings. The molecule has 11 heteroatoms. The van der Waals surface area contributed by atoms with Gasteiger partial charge in [0.1, 0.15) is 18.7 Å². The fourth-order valence-corrected chi connectivity index (χ4v) is 3.51. The number of aliphatic imine (C=N–C) groups is 1. The van der Waals surface area contributed by atoms with Crippen molar-refractivity contribution in [2.75, 3.05) is 34.2 Å². The molecule has 0 spiro atoms. The highest BCUT2D eigenvalue weighted by molar-refractivity contribution is 14.0. The zero-order chi connectivity index (χ0) is 19.8. The van der Waals surface area contributed by atoms with Gasteiger partial charge in [-0.25, -0.2) is 4.99 Å². The molecule has 156 valence electrons. The summed E-state index contributed by atoms with van der Waals surface area (Å²) in [5, 5.41) is 11.4. The number of aryl methyl sites for hydroxylation is 1. The van der Waals surface area contributed by atoms with Gasteiger partial charge in [0, 0.05) is 45.5 Å². The molecule has 1 N–H and O–H groups in total. The Balaban J connectivity index is 0.00000392. The number of hydrogen-bond donors (Lipinski definition) is 1. The molecule has 0 saturated heterocycles. The van der Waals surface area contributed by atoms with Gasteiger partial charge in [-0.1, -0.05) is 18.5 Å². The topological polar surface area (TPSA) is 78.6 Å². The lowest BCUT2D eigenvalue weighted by atomic mass is 10.4. The lowest BCUT2D eigenvalue weighted by Gasteiger charge is -2.22. The highest BCUT2D eigenvalue weighted by Gasteiger charge is 2.11. The quantitative estimate of drug-likeness (QED) is 0.317. The van der Waals surface area contributed by atoms with Gasteiger partial charge in [0.25, 0.3) is 0 Å². The lowest BCUT2D eigenvalue weighted by molar-refractivity contribution is -0.127. The molecule has 0 bridgehead atoms. The van der Waals surface area contributed by atoms with Gasteiger partial charge in [-0.15, -0.1) is 45.5 Å². The van der Waals surface area contributed by atoms with Crippen LogP contribution in [0.4, 0.5) is 0 Å². The van der Waals surface area contributed by atoms with Crippen molar-refractivity contribution in [1.82, 2.24) is 29.9 Å². The van der Waals surface area contributed by atoms with E-state index in [-0.39, 0.29) is 36.4 Å². The zero-order valence-corrected chi connectivity index (χ0v) is 20.5. The molecule has 0 unspecified atom stereocenters. The van der Waals surface area contributed by atoms with Crippen molar-refractivity contribution in [3.8, 4) is 0 Å². The van der Waals surface area contributed by atoms with E-state index in [9.17, 15) is 4.79 Å². The number of aromatic nitrogens is 3. The second-order valence-corrected chi connectivity index (χ2v) is 8.01. The van der Waals surface area contributed by atoms with Gasteiger partial charge in [-0.2, -0.15) is 0 Å². The van der Waals surface area contributed by atoms with Crippen molar-refractivity contribution in [3.05, 3.63) is 33.5 Å². The third-order valence-electron chi connectivity index (χ3n) is 3.89. The van der Waals surface area contributed by atoms with Gasteiger partial charge in [0.05, 0.1) is 10.9 Å². The Hall–Kier alpha value is -1.40.